The van der Waals surface area contributed by atoms with Crippen molar-refractivity contribution in [1.29, 1.82) is 0 Å². The van der Waals surface area contributed by atoms with Crippen LogP contribution in [0.15, 0.2) is 0 Å². The first-order chi connectivity index (χ1) is 9.20. The highest BCUT2D eigenvalue weighted by molar-refractivity contribution is 5.77. The van der Waals surface area contributed by atoms with Gasteiger partial charge in [0, 0.05) is 26.2 Å². The van der Waals surface area contributed by atoms with Crippen molar-refractivity contribution in [3.63, 3.8) is 0 Å². The van der Waals surface area contributed by atoms with Gasteiger partial charge in [0.25, 0.3) is 0 Å². The number of urea groups is 1. The third-order valence-electron chi connectivity index (χ3n) is 3.87. The van der Waals surface area contributed by atoms with E-state index in [9.17, 15) is 9.59 Å². The van der Waals surface area contributed by atoms with Crippen LogP contribution in [-0.4, -0.2) is 53.8 Å². The van der Waals surface area contributed by atoms with E-state index >= 15 is 0 Å². The number of hydrogen-bond acceptors (Lipinski definition) is 3. The van der Waals surface area contributed by atoms with Crippen LogP contribution in [0.1, 0.15) is 40.5 Å². The van der Waals surface area contributed by atoms with Gasteiger partial charge in [-0.2, -0.15) is 0 Å². The van der Waals surface area contributed by atoms with E-state index in [-0.39, 0.29) is 6.03 Å². The topological polar surface area (TPSA) is 78.9 Å². The number of hydrogen-bond donors (Lipinski definition) is 2. The molecule has 0 aromatic rings. The second kappa shape index (κ2) is 6.43. The van der Waals surface area contributed by atoms with Crippen LogP contribution < -0.4 is 5.32 Å². The predicted molar refractivity (Wildman–Crippen MR) is 75.7 cm³/mol. The maximum absolute atomic E-state index is 12.0. The van der Waals surface area contributed by atoms with Gasteiger partial charge in [0.1, 0.15) is 0 Å². The molecule has 0 radical (unpaired) electrons. The van der Waals surface area contributed by atoms with E-state index in [0.29, 0.717) is 39.1 Å². The van der Waals surface area contributed by atoms with Gasteiger partial charge in [0.05, 0.1) is 11.0 Å². The van der Waals surface area contributed by atoms with E-state index in [1.54, 1.807) is 11.8 Å². The third kappa shape index (κ3) is 4.37. The number of nitrogens with one attached hydrogen (secondary N) is 1. The number of aliphatic carboxylic acids is 1. The molecule has 1 rings (SSSR count). The molecule has 0 bridgehead atoms. The molecular weight excluding hydrogens is 260 g/mol. The number of ether oxygens (including phenoxy) is 1. The van der Waals surface area contributed by atoms with E-state index in [4.69, 9.17) is 9.84 Å². The Balaban J connectivity index is 2.42. The second-order valence-corrected chi connectivity index (χ2v) is 6.20. The number of rotatable bonds is 5. The Morgan fingerprint density at radius 2 is 1.90 bits per heavy atom. The van der Waals surface area contributed by atoms with Gasteiger partial charge in [-0.1, -0.05) is 0 Å². The SMILES string of the molecule is CCOC(C)(C)CNC(=O)N1CCC(C)(C(=O)O)CC1. The Bertz CT molecular complexity index is 360. The predicted octanol–water partition coefficient (Wildman–Crippen LogP) is 1.70. The van der Waals surface area contributed by atoms with Crippen molar-refractivity contribution in [3.8, 4) is 0 Å². The summed E-state index contributed by atoms with van der Waals surface area (Å²) >= 11 is 0. The zero-order chi connectivity index (χ0) is 15.4. The highest BCUT2D eigenvalue weighted by Gasteiger charge is 2.38. The monoisotopic (exact) mass is 286 g/mol. The van der Waals surface area contributed by atoms with Gasteiger partial charge in [0.15, 0.2) is 0 Å². The zero-order valence-corrected chi connectivity index (χ0v) is 12.9. The number of carbonyl (C=O) groups is 2. The largest absolute Gasteiger partial charge is 0.481 e. The van der Waals surface area contributed by atoms with Gasteiger partial charge in [-0.25, -0.2) is 4.79 Å². The molecule has 0 aromatic carbocycles. The molecule has 6 heteroatoms. The lowest BCUT2D eigenvalue weighted by Gasteiger charge is -2.37. The van der Waals surface area contributed by atoms with Gasteiger partial charge in [0.2, 0.25) is 0 Å². The van der Waals surface area contributed by atoms with Crippen molar-refractivity contribution < 1.29 is 19.4 Å². The van der Waals surface area contributed by atoms with Crippen molar-refractivity contribution in [1.82, 2.24) is 10.2 Å². The summed E-state index contributed by atoms with van der Waals surface area (Å²) in [5.74, 6) is -0.782. The van der Waals surface area contributed by atoms with E-state index in [1.807, 2.05) is 20.8 Å². The number of carbonyl (C=O) groups excluding carboxylic acids is 1. The fourth-order valence-corrected chi connectivity index (χ4v) is 2.26. The van der Waals surface area contributed by atoms with Crippen LogP contribution in [0.3, 0.4) is 0 Å². The number of piperidine rings is 1. The normalized spacial score (nSPS) is 18.7. The Labute approximate surface area is 120 Å². The van der Waals surface area contributed by atoms with Crippen LogP contribution in [0.2, 0.25) is 0 Å². The van der Waals surface area contributed by atoms with Crippen LogP contribution in [0.25, 0.3) is 0 Å². The molecular formula is C14H26N2O4. The highest BCUT2D eigenvalue weighted by atomic mass is 16.5. The zero-order valence-electron chi connectivity index (χ0n) is 12.9. The lowest BCUT2D eigenvalue weighted by molar-refractivity contribution is -0.150. The maximum atomic E-state index is 12.0. The fraction of sp³-hybridized carbons (Fsp3) is 0.857. The van der Waals surface area contributed by atoms with Gasteiger partial charge in [-0.3, -0.25) is 4.79 Å². The Hall–Kier alpha value is -1.30. The minimum atomic E-state index is -0.782. The molecule has 0 spiro atoms. The molecule has 1 aliphatic heterocycles. The van der Waals surface area contributed by atoms with Gasteiger partial charge in [-0.15, -0.1) is 0 Å². The number of carboxylic acids is 1. The average molecular weight is 286 g/mol. The molecule has 116 valence electrons. The lowest BCUT2D eigenvalue weighted by atomic mass is 9.80. The summed E-state index contributed by atoms with van der Waals surface area (Å²) < 4.78 is 5.52. The summed E-state index contributed by atoms with van der Waals surface area (Å²) in [5.41, 5.74) is -1.10. The minimum Gasteiger partial charge on any atom is -0.481 e. The molecule has 0 aliphatic carbocycles. The molecule has 1 heterocycles. The van der Waals surface area contributed by atoms with E-state index < -0.39 is 17.0 Å². The third-order valence-corrected chi connectivity index (χ3v) is 3.87. The quantitative estimate of drug-likeness (QED) is 0.806. The molecule has 1 fully saturated rings. The summed E-state index contributed by atoms with van der Waals surface area (Å²) in [7, 11) is 0. The van der Waals surface area contributed by atoms with Crippen LogP contribution >= 0.6 is 0 Å². The Morgan fingerprint density at radius 3 is 2.35 bits per heavy atom. The van der Waals surface area contributed by atoms with Crippen molar-refractivity contribution in [2.75, 3.05) is 26.2 Å². The molecule has 0 unspecified atom stereocenters. The first-order valence-electron chi connectivity index (χ1n) is 7.10. The Kier molecular flexibility index (Phi) is 5.39. The van der Waals surface area contributed by atoms with Crippen LogP contribution in [0.5, 0.6) is 0 Å². The van der Waals surface area contributed by atoms with Crippen LogP contribution in [-0.2, 0) is 9.53 Å². The van der Waals surface area contributed by atoms with Crippen LogP contribution in [0.4, 0.5) is 4.79 Å². The summed E-state index contributed by atoms with van der Waals surface area (Å²) in [4.78, 5) is 24.9. The molecule has 6 nitrogen and oxygen atoms in total. The standard InChI is InChI=1S/C14H26N2O4/c1-5-20-13(2,3)10-15-12(19)16-8-6-14(4,7-9-16)11(17)18/h5-10H2,1-4H3,(H,15,19)(H,17,18). The molecule has 2 amide bonds. The molecule has 0 saturated carbocycles. The average Bonchev–Trinajstić information content (AvgIpc) is 2.37. The first kappa shape index (κ1) is 16.8. The molecule has 20 heavy (non-hydrogen) atoms. The van der Waals surface area contributed by atoms with Gasteiger partial charge < -0.3 is 20.1 Å². The summed E-state index contributed by atoms with van der Waals surface area (Å²) in [6, 6.07) is -0.148. The maximum Gasteiger partial charge on any atom is 0.317 e. The second-order valence-electron chi connectivity index (χ2n) is 6.20. The van der Waals surface area contributed by atoms with Gasteiger partial charge in [-0.05, 0) is 40.5 Å². The summed E-state index contributed by atoms with van der Waals surface area (Å²) in [6.45, 7) is 9.50. The van der Waals surface area contributed by atoms with Crippen LogP contribution in [0, 0.1) is 5.41 Å². The highest BCUT2D eigenvalue weighted by Crippen LogP contribution is 2.30. The first-order valence-corrected chi connectivity index (χ1v) is 7.10. The summed E-state index contributed by atoms with van der Waals surface area (Å²) in [6.07, 6.45) is 0.981. The van der Waals surface area contributed by atoms with Crippen molar-refractivity contribution in [3.05, 3.63) is 0 Å². The molecule has 0 atom stereocenters. The number of nitrogens with zero attached hydrogens (tertiary/aromatic N) is 1. The van der Waals surface area contributed by atoms with E-state index in [1.165, 1.54) is 0 Å². The Morgan fingerprint density at radius 1 is 1.35 bits per heavy atom. The minimum absolute atomic E-state index is 0.148. The van der Waals surface area contributed by atoms with E-state index in [2.05, 4.69) is 5.32 Å². The van der Waals surface area contributed by atoms with Crippen molar-refractivity contribution >= 4 is 12.0 Å². The molecule has 0 aromatic heterocycles. The molecule has 1 aliphatic rings. The number of amides is 2. The van der Waals surface area contributed by atoms with E-state index in [0.717, 1.165) is 0 Å². The smallest absolute Gasteiger partial charge is 0.317 e. The lowest BCUT2D eigenvalue weighted by Crippen LogP contribution is -2.51. The van der Waals surface area contributed by atoms with Gasteiger partial charge >= 0.3 is 12.0 Å². The number of likely N-dealkylation sites (tertiary alicyclic amines) is 1. The molecule has 1 saturated heterocycles. The fourth-order valence-electron chi connectivity index (χ4n) is 2.26. The van der Waals surface area contributed by atoms with Crippen molar-refractivity contribution in [2.45, 2.75) is 46.1 Å². The number of carboxylic acid groups (broad SMARTS) is 1. The summed E-state index contributed by atoms with van der Waals surface area (Å²) in [5, 5.41) is 12.0. The van der Waals surface area contributed by atoms with Crippen molar-refractivity contribution in [2.24, 2.45) is 5.41 Å². The molecule has 2 N–H and O–H groups in total.